The molecular weight excluding hydrogens is 211 g/mol. The Bertz CT molecular complexity index is 387. The van der Waals surface area contributed by atoms with Crippen LogP contribution in [0.5, 0.6) is 0 Å². The lowest BCUT2D eigenvalue weighted by molar-refractivity contribution is -0.139. The molecular formula is C9H8F3NO2. The molecule has 0 aliphatic rings. The number of carboxylic acids is 1. The van der Waals surface area contributed by atoms with Crippen molar-refractivity contribution in [3.05, 3.63) is 29.3 Å². The van der Waals surface area contributed by atoms with Gasteiger partial charge in [0.05, 0.1) is 12.0 Å². The van der Waals surface area contributed by atoms with E-state index in [-0.39, 0.29) is 11.3 Å². The summed E-state index contributed by atoms with van der Waals surface area (Å²) in [5, 5.41) is 8.44. The molecule has 3 N–H and O–H groups in total. The zero-order chi connectivity index (χ0) is 11.6. The van der Waals surface area contributed by atoms with Gasteiger partial charge in [0.1, 0.15) is 0 Å². The average Bonchev–Trinajstić information content (AvgIpc) is 1.99. The molecule has 0 spiro atoms. The lowest BCUT2D eigenvalue weighted by Gasteiger charge is -2.11. The minimum Gasteiger partial charge on any atom is -0.481 e. The van der Waals surface area contributed by atoms with Crippen LogP contribution < -0.4 is 5.73 Å². The van der Waals surface area contributed by atoms with Gasteiger partial charge in [-0.05, 0) is 23.8 Å². The van der Waals surface area contributed by atoms with Crippen LogP contribution in [0, 0.1) is 0 Å². The third-order valence-electron chi connectivity index (χ3n) is 1.78. The number of alkyl halides is 3. The van der Waals surface area contributed by atoms with Crippen LogP contribution >= 0.6 is 0 Å². The molecule has 0 unspecified atom stereocenters. The predicted octanol–water partition coefficient (Wildman–Crippen LogP) is 1.91. The van der Waals surface area contributed by atoms with Crippen LogP contribution in [0.15, 0.2) is 18.2 Å². The summed E-state index contributed by atoms with van der Waals surface area (Å²) in [7, 11) is 0. The molecule has 1 aromatic rings. The van der Waals surface area contributed by atoms with Gasteiger partial charge in [-0.15, -0.1) is 0 Å². The number of nitrogen functional groups attached to an aromatic ring is 1. The third-order valence-corrected chi connectivity index (χ3v) is 1.78. The number of rotatable bonds is 2. The molecule has 0 aromatic heterocycles. The van der Waals surface area contributed by atoms with Crippen molar-refractivity contribution in [2.45, 2.75) is 12.6 Å². The molecule has 82 valence electrons. The van der Waals surface area contributed by atoms with Crippen LogP contribution in [-0.4, -0.2) is 11.1 Å². The number of hydrogen-bond acceptors (Lipinski definition) is 2. The average molecular weight is 219 g/mol. The maximum absolute atomic E-state index is 12.4. The maximum Gasteiger partial charge on any atom is 0.416 e. The van der Waals surface area contributed by atoms with Crippen molar-refractivity contribution in [1.82, 2.24) is 0 Å². The lowest BCUT2D eigenvalue weighted by Crippen LogP contribution is -2.12. The van der Waals surface area contributed by atoms with Crippen LogP contribution in [0.4, 0.5) is 18.9 Å². The molecule has 6 heteroatoms. The molecule has 0 aliphatic carbocycles. The van der Waals surface area contributed by atoms with Gasteiger partial charge >= 0.3 is 12.1 Å². The van der Waals surface area contributed by atoms with E-state index in [9.17, 15) is 18.0 Å². The van der Waals surface area contributed by atoms with Gasteiger partial charge in [0.15, 0.2) is 0 Å². The van der Waals surface area contributed by atoms with E-state index in [1.54, 1.807) is 0 Å². The largest absolute Gasteiger partial charge is 0.481 e. The summed E-state index contributed by atoms with van der Waals surface area (Å²) in [6.07, 6.45) is -5.25. The summed E-state index contributed by atoms with van der Waals surface area (Å²) >= 11 is 0. The third kappa shape index (κ3) is 2.87. The number of carbonyl (C=O) groups is 1. The van der Waals surface area contributed by atoms with Gasteiger partial charge in [-0.2, -0.15) is 13.2 Å². The highest BCUT2D eigenvalue weighted by Crippen LogP contribution is 2.33. The Balaban J connectivity index is 3.20. The Morgan fingerprint density at radius 1 is 1.40 bits per heavy atom. The Morgan fingerprint density at radius 2 is 2.00 bits per heavy atom. The first-order chi connectivity index (χ1) is 6.80. The predicted molar refractivity (Wildman–Crippen MR) is 47.2 cm³/mol. The first-order valence-electron chi connectivity index (χ1n) is 3.98. The van der Waals surface area contributed by atoms with Crippen molar-refractivity contribution in [3.63, 3.8) is 0 Å². The molecule has 0 amide bonds. The number of nitrogens with two attached hydrogens (primary N) is 1. The normalized spacial score (nSPS) is 11.4. The summed E-state index contributed by atoms with van der Waals surface area (Å²) in [5.41, 5.74) is 4.11. The van der Waals surface area contributed by atoms with E-state index in [0.717, 1.165) is 18.2 Å². The highest BCUT2D eigenvalue weighted by Gasteiger charge is 2.33. The Kier molecular flexibility index (Phi) is 2.88. The van der Waals surface area contributed by atoms with Crippen LogP contribution in [0.3, 0.4) is 0 Å². The van der Waals surface area contributed by atoms with E-state index in [4.69, 9.17) is 10.8 Å². The summed E-state index contributed by atoms with van der Waals surface area (Å²) in [5.74, 6) is -1.33. The van der Waals surface area contributed by atoms with Crippen molar-refractivity contribution in [2.75, 3.05) is 5.73 Å². The number of aliphatic carboxylic acids is 1. The Labute approximate surface area is 83.3 Å². The summed E-state index contributed by atoms with van der Waals surface area (Å²) in [4.78, 5) is 10.4. The van der Waals surface area contributed by atoms with Gasteiger partial charge in [0, 0.05) is 5.69 Å². The molecule has 0 fully saturated rings. The Morgan fingerprint density at radius 3 is 2.47 bits per heavy atom. The molecule has 1 rings (SSSR count). The van der Waals surface area contributed by atoms with Crippen molar-refractivity contribution < 1.29 is 23.1 Å². The molecule has 1 aromatic carbocycles. The molecule has 0 radical (unpaired) electrons. The minimum atomic E-state index is -4.56. The molecule has 3 nitrogen and oxygen atoms in total. The van der Waals surface area contributed by atoms with E-state index in [1.165, 1.54) is 0 Å². The van der Waals surface area contributed by atoms with Gasteiger partial charge in [-0.3, -0.25) is 4.79 Å². The quantitative estimate of drug-likeness (QED) is 0.747. The highest BCUT2D eigenvalue weighted by molar-refractivity contribution is 5.71. The second-order valence-electron chi connectivity index (χ2n) is 2.98. The fraction of sp³-hybridized carbons (Fsp3) is 0.222. The van der Waals surface area contributed by atoms with Gasteiger partial charge in [-0.25, -0.2) is 0 Å². The smallest absolute Gasteiger partial charge is 0.416 e. The van der Waals surface area contributed by atoms with Gasteiger partial charge in [0.25, 0.3) is 0 Å². The van der Waals surface area contributed by atoms with Crippen LogP contribution in [0.1, 0.15) is 11.1 Å². The monoisotopic (exact) mass is 219 g/mol. The van der Waals surface area contributed by atoms with Gasteiger partial charge in [-0.1, -0.05) is 0 Å². The van der Waals surface area contributed by atoms with E-state index in [0.29, 0.717) is 0 Å². The fourth-order valence-corrected chi connectivity index (χ4v) is 1.20. The van der Waals surface area contributed by atoms with E-state index >= 15 is 0 Å². The van der Waals surface area contributed by atoms with E-state index in [2.05, 4.69) is 0 Å². The summed E-state index contributed by atoms with van der Waals surface area (Å²) in [6.45, 7) is 0. The fourth-order valence-electron chi connectivity index (χ4n) is 1.20. The Hall–Kier alpha value is -1.72. The molecule has 0 atom stereocenters. The molecule has 0 aliphatic heterocycles. The van der Waals surface area contributed by atoms with Gasteiger partial charge < -0.3 is 10.8 Å². The molecule has 0 saturated heterocycles. The second-order valence-corrected chi connectivity index (χ2v) is 2.98. The standard InChI is InChI=1S/C9H8F3NO2/c10-9(11,12)7-2-1-6(13)3-5(7)4-8(14)15/h1-3H,4,13H2,(H,14,15). The van der Waals surface area contributed by atoms with Crippen molar-refractivity contribution in [2.24, 2.45) is 0 Å². The molecule has 0 bridgehead atoms. The minimum absolute atomic E-state index is 0.110. The first-order valence-corrected chi connectivity index (χ1v) is 3.98. The topological polar surface area (TPSA) is 63.3 Å². The highest BCUT2D eigenvalue weighted by atomic mass is 19.4. The molecule has 0 saturated carbocycles. The SMILES string of the molecule is Nc1ccc(C(F)(F)F)c(CC(=O)O)c1. The number of carboxylic acid groups (broad SMARTS) is 1. The second kappa shape index (κ2) is 3.80. The number of hydrogen-bond donors (Lipinski definition) is 2. The summed E-state index contributed by atoms with van der Waals surface area (Å²) < 4.78 is 37.2. The lowest BCUT2D eigenvalue weighted by atomic mass is 10.0. The zero-order valence-corrected chi connectivity index (χ0v) is 7.51. The van der Waals surface area contributed by atoms with Crippen molar-refractivity contribution >= 4 is 11.7 Å². The summed E-state index contributed by atoms with van der Waals surface area (Å²) in [6, 6.07) is 2.90. The van der Waals surface area contributed by atoms with Crippen molar-refractivity contribution in [3.8, 4) is 0 Å². The zero-order valence-electron chi connectivity index (χ0n) is 7.51. The molecule has 0 heterocycles. The maximum atomic E-state index is 12.4. The van der Waals surface area contributed by atoms with Crippen LogP contribution in [-0.2, 0) is 17.4 Å². The van der Waals surface area contributed by atoms with Crippen LogP contribution in [0.25, 0.3) is 0 Å². The van der Waals surface area contributed by atoms with Crippen molar-refractivity contribution in [1.29, 1.82) is 0 Å². The van der Waals surface area contributed by atoms with Crippen LogP contribution in [0.2, 0.25) is 0 Å². The van der Waals surface area contributed by atoms with E-state index in [1.807, 2.05) is 0 Å². The molecule has 15 heavy (non-hydrogen) atoms. The van der Waals surface area contributed by atoms with Gasteiger partial charge in [0.2, 0.25) is 0 Å². The number of halogens is 3. The van der Waals surface area contributed by atoms with E-state index < -0.39 is 24.1 Å². The number of anilines is 1. The number of benzene rings is 1. The first kappa shape index (κ1) is 11.4.